The molecule has 1 aliphatic rings. The Labute approximate surface area is 71.0 Å². The quantitative estimate of drug-likeness (QED) is 0.511. The van der Waals surface area contributed by atoms with Crippen molar-refractivity contribution in [1.29, 1.82) is 0 Å². The molecule has 0 aromatic carbocycles. The minimum atomic E-state index is 0.916. The van der Waals surface area contributed by atoms with Crippen molar-refractivity contribution in [2.75, 3.05) is 20.6 Å². The number of hydrogen-bond acceptors (Lipinski definition) is 0. The lowest BCUT2D eigenvalue weighted by atomic mass is 9.90. The van der Waals surface area contributed by atoms with Crippen LogP contribution in [0.2, 0.25) is 0 Å². The summed E-state index contributed by atoms with van der Waals surface area (Å²) in [4.78, 5) is 0. The topological polar surface area (TPSA) is 0 Å². The Hall–Kier alpha value is -0.0400. The van der Waals surface area contributed by atoms with Gasteiger partial charge in [0, 0.05) is 6.42 Å². The van der Waals surface area contributed by atoms with Gasteiger partial charge < -0.3 is 4.48 Å². The maximum atomic E-state index is 2.39. The SMILES string of the molecule is CCC1CC(C)CC[N+]1(C)C. The average Bonchev–Trinajstić information content (AvgIpc) is 1.94. The average molecular weight is 156 g/mol. The molecule has 11 heavy (non-hydrogen) atoms. The van der Waals surface area contributed by atoms with Crippen molar-refractivity contribution in [1.82, 2.24) is 0 Å². The number of rotatable bonds is 1. The van der Waals surface area contributed by atoms with Crippen molar-refractivity contribution in [3.05, 3.63) is 0 Å². The Balaban J connectivity index is 2.56. The van der Waals surface area contributed by atoms with Crippen molar-refractivity contribution in [2.45, 2.75) is 39.2 Å². The summed E-state index contributed by atoms with van der Waals surface area (Å²) in [5.41, 5.74) is 0. The zero-order valence-corrected chi connectivity index (χ0v) is 8.43. The summed E-state index contributed by atoms with van der Waals surface area (Å²) >= 11 is 0. The number of likely N-dealkylation sites (tertiary alicyclic amines) is 1. The third-order valence-corrected chi connectivity index (χ3v) is 3.33. The monoisotopic (exact) mass is 156 g/mol. The molecule has 1 saturated heterocycles. The van der Waals surface area contributed by atoms with Crippen LogP contribution in [0.5, 0.6) is 0 Å². The highest BCUT2D eigenvalue weighted by atomic mass is 15.3. The van der Waals surface area contributed by atoms with Crippen LogP contribution in [-0.4, -0.2) is 31.2 Å². The van der Waals surface area contributed by atoms with E-state index in [9.17, 15) is 0 Å². The second-order valence-electron chi connectivity index (χ2n) is 4.69. The van der Waals surface area contributed by atoms with Gasteiger partial charge in [-0.15, -0.1) is 0 Å². The minimum absolute atomic E-state index is 0.916. The second kappa shape index (κ2) is 3.14. The standard InChI is InChI=1S/C10H22N/c1-5-10-8-9(2)6-7-11(10,3)4/h9-10H,5-8H2,1-4H3/q+1. The maximum absolute atomic E-state index is 2.39. The Morgan fingerprint density at radius 3 is 2.45 bits per heavy atom. The molecule has 0 aliphatic carbocycles. The molecule has 0 aromatic rings. The van der Waals surface area contributed by atoms with Crippen LogP contribution in [0.15, 0.2) is 0 Å². The van der Waals surface area contributed by atoms with Gasteiger partial charge in [0.1, 0.15) is 0 Å². The summed E-state index contributed by atoms with van der Waals surface area (Å²) in [6, 6.07) is 0.916. The van der Waals surface area contributed by atoms with Gasteiger partial charge in [-0.3, -0.25) is 0 Å². The fourth-order valence-corrected chi connectivity index (χ4v) is 2.26. The molecule has 0 spiro atoms. The lowest BCUT2D eigenvalue weighted by Crippen LogP contribution is -2.53. The predicted octanol–water partition coefficient (Wildman–Crippen LogP) is 2.27. The molecule has 2 atom stereocenters. The zero-order valence-electron chi connectivity index (χ0n) is 8.43. The van der Waals surface area contributed by atoms with Gasteiger partial charge >= 0.3 is 0 Å². The molecule has 0 amide bonds. The first-order valence-corrected chi connectivity index (χ1v) is 4.89. The normalized spacial score (nSPS) is 37.1. The molecule has 66 valence electrons. The van der Waals surface area contributed by atoms with Crippen molar-refractivity contribution < 1.29 is 4.48 Å². The summed E-state index contributed by atoms with van der Waals surface area (Å²) in [6.45, 7) is 6.09. The van der Waals surface area contributed by atoms with Crippen LogP contribution in [-0.2, 0) is 0 Å². The first-order chi connectivity index (χ1) is 5.06. The Morgan fingerprint density at radius 2 is 2.00 bits per heavy atom. The summed E-state index contributed by atoms with van der Waals surface area (Å²) in [7, 11) is 4.75. The fourth-order valence-electron chi connectivity index (χ4n) is 2.26. The third kappa shape index (κ3) is 1.96. The Kier molecular flexibility index (Phi) is 2.58. The molecule has 1 heteroatoms. The van der Waals surface area contributed by atoms with Crippen molar-refractivity contribution in [2.24, 2.45) is 5.92 Å². The van der Waals surface area contributed by atoms with Gasteiger partial charge in [-0.05, 0) is 18.8 Å². The molecule has 1 aliphatic heterocycles. The van der Waals surface area contributed by atoms with Gasteiger partial charge in [0.25, 0.3) is 0 Å². The fraction of sp³-hybridized carbons (Fsp3) is 1.00. The van der Waals surface area contributed by atoms with Crippen LogP contribution in [0.3, 0.4) is 0 Å². The first kappa shape index (κ1) is 9.05. The van der Waals surface area contributed by atoms with Crippen LogP contribution in [0.25, 0.3) is 0 Å². The molecular formula is C10H22N+. The van der Waals surface area contributed by atoms with Gasteiger partial charge in [-0.1, -0.05) is 13.8 Å². The van der Waals surface area contributed by atoms with Gasteiger partial charge in [0.15, 0.2) is 0 Å². The summed E-state index contributed by atoms with van der Waals surface area (Å²) in [5, 5.41) is 0. The van der Waals surface area contributed by atoms with Gasteiger partial charge in [-0.2, -0.15) is 0 Å². The summed E-state index contributed by atoms with van der Waals surface area (Å²) < 4.78 is 1.25. The first-order valence-electron chi connectivity index (χ1n) is 4.89. The van der Waals surface area contributed by atoms with E-state index >= 15 is 0 Å². The van der Waals surface area contributed by atoms with E-state index in [1.165, 1.54) is 30.3 Å². The molecule has 1 rings (SSSR count). The van der Waals surface area contributed by atoms with Crippen LogP contribution in [0.1, 0.15) is 33.1 Å². The lowest BCUT2D eigenvalue weighted by Gasteiger charge is -2.43. The van der Waals surface area contributed by atoms with Crippen LogP contribution in [0, 0.1) is 5.92 Å². The lowest BCUT2D eigenvalue weighted by molar-refractivity contribution is -0.921. The highest BCUT2D eigenvalue weighted by Gasteiger charge is 2.32. The number of quaternary nitrogens is 1. The van der Waals surface area contributed by atoms with E-state index in [2.05, 4.69) is 27.9 Å². The molecule has 0 radical (unpaired) electrons. The molecular weight excluding hydrogens is 134 g/mol. The molecule has 0 N–H and O–H groups in total. The highest BCUT2D eigenvalue weighted by Crippen LogP contribution is 2.27. The van der Waals surface area contributed by atoms with E-state index in [-0.39, 0.29) is 0 Å². The molecule has 1 fully saturated rings. The molecule has 0 saturated carbocycles. The van der Waals surface area contributed by atoms with Crippen LogP contribution in [0.4, 0.5) is 0 Å². The van der Waals surface area contributed by atoms with Crippen molar-refractivity contribution >= 4 is 0 Å². The Bertz CT molecular complexity index is 129. The van der Waals surface area contributed by atoms with Gasteiger partial charge in [0.2, 0.25) is 0 Å². The molecule has 1 nitrogen and oxygen atoms in total. The Morgan fingerprint density at radius 1 is 1.36 bits per heavy atom. The minimum Gasteiger partial charge on any atom is -0.326 e. The highest BCUT2D eigenvalue weighted by molar-refractivity contribution is 4.67. The number of piperidine rings is 1. The molecule has 0 aromatic heterocycles. The summed E-state index contributed by atoms with van der Waals surface area (Å²) in [6.07, 6.45) is 4.20. The van der Waals surface area contributed by atoms with E-state index in [1.54, 1.807) is 0 Å². The molecule has 1 heterocycles. The predicted molar refractivity (Wildman–Crippen MR) is 49.5 cm³/mol. The van der Waals surface area contributed by atoms with Crippen molar-refractivity contribution in [3.8, 4) is 0 Å². The van der Waals surface area contributed by atoms with Crippen LogP contribution < -0.4 is 0 Å². The summed E-state index contributed by atoms with van der Waals surface area (Å²) in [5.74, 6) is 0.964. The van der Waals surface area contributed by atoms with Crippen LogP contribution >= 0.6 is 0 Å². The van der Waals surface area contributed by atoms with Gasteiger partial charge in [-0.25, -0.2) is 0 Å². The number of hydrogen-bond donors (Lipinski definition) is 0. The van der Waals surface area contributed by atoms with E-state index in [4.69, 9.17) is 0 Å². The van der Waals surface area contributed by atoms with E-state index in [1.807, 2.05) is 0 Å². The van der Waals surface area contributed by atoms with E-state index in [0.717, 1.165) is 12.0 Å². The zero-order chi connectivity index (χ0) is 8.48. The van der Waals surface area contributed by atoms with E-state index < -0.39 is 0 Å². The maximum Gasteiger partial charge on any atom is 0.0886 e. The van der Waals surface area contributed by atoms with Gasteiger partial charge in [0.05, 0.1) is 26.7 Å². The van der Waals surface area contributed by atoms with Crippen molar-refractivity contribution in [3.63, 3.8) is 0 Å². The number of nitrogens with zero attached hydrogens (tertiary/aromatic N) is 1. The second-order valence-corrected chi connectivity index (χ2v) is 4.69. The molecule has 2 unspecified atom stereocenters. The smallest absolute Gasteiger partial charge is 0.0886 e. The van der Waals surface area contributed by atoms with E-state index in [0.29, 0.717) is 0 Å². The third-order valence-electron chi connectivity index (χ3n) is 3.33. The largest absolute Gasteiger partial charge is 0.326 e. The molecule has 0 bridgehead atoms.